The van der Waals surface area contributed by atoms with Crippen molar-refractivity contribution in [2.24, 2.45) is 5.73 Å². The van der Waals surface area contributed by atoms with E-state index in [1.54, 1.807) is 11.9 Å². The predicted octanol–water partition coefficient (Wildman–Crippen LogP) is 5.21. The van der Waals surface area contributed by atoms with E-state index in [0.29, 0.717) is 25.4 Å². The molecule has 2 aliphatic rings. The van der Waals surface area contributed by atoms with Gasteiger partial charge in [0.1, 0.15) is 4.75 Å². The highest BCUT2D eigenvalue weighted by atomic mass is 32.2. The standard InChI is InChI=1S/C23H33F3N2O2S/c24-23(25,26)12-3-4-18-5-7-19(8-6-18)20-9-14-28(15-10-20)31-22(21(27)29)11-1-2-16-30-17-13-22/h5-8,20H,1-4,9-17H2,(H2,27,29). The molecule has 1 amide bonds. The van der Waals surface area contributed by atoms with E-state index in [2.05, 4.69) is 16.4 Å². The Bertz CT molecular complexity index is 696. The number of benzene rings is 1. The van der Waals surface area contributed by atoms with Crippen LogP contribution in [0.2, 0.25) is 0 Å². The average molecular weight is 459 g/mol. The van der Waals surface area contributed by atoms with E-state index in [0.717, 1.165) is 57.4 Å². The summed E-state index contributed by atoms with van der Waals surface area (Å²) in [6.45, 7) is 3.10. The minimum Gasteiger partial charge on any atom is -0.381 e. The van der Waals surface area contributed by atoms with Crippen molar-refractivity contribution in [2.45, 2.75) is 74.6 Å². The Balaban J connectivity index is 1.50. The van der Waals surface area contributed by atoms with Crippen molar-refractivity contribution in [3.63, 3.8) is 0 Å². The fourth-order valence-electron chi connectivity index (χ4n) is 4.44. The Morgan fingerprint density at radius 3 is 2.48 bits per heavy atom. The van der Waals surface area contributed by atoms with Gasteiger partial charge in [0.2, 0.25) is 5.91 Å². The molecule has 2 fully saturated rings. The monoisotopic (exact) mass is 458 g/mol. The number of carbonyl (C=O) groups is 1. The van der Waals surface area contributed by atoms with E-state index in [1.165, 1.54) is 5.56 Å². The highest BCUT2D eigenvalue weighted by Crippen LogP contribution is 2.41. The molecule has 2 saturated heterocycles. The number of ether oxygens (including phenoxy) is 1. The summed E-state index contributed by atoms with van der Waals surface area (Å²) >= 11 is 1.62. The largest absolute Gasteiger partial charge is 0.389 e. The predicted molar refractivity (Wildman–Crippen MR) is 118 cm³/mol. The Morgan fingerprint density at radius 2 is 1.84 bits per heavy atom. The van der Waals surface area contributed by atoms with Gasteiger partial charge in [-0.3, -0.25) is 4.79 Å². The van der Waals surface area contributed by atoms with Crippen molar-refractivity contribution >= 4 is 17.9 Å². The second kappa shape index (κ2) is 11.1. The Labute approximate surface area is 187 Å². The van der Waals surface area contributed by atoms with Crippen molar-refractivity contribution in [3.8, 4) is 0 Å². The van der Waals surface area contributed by atoms with Crippen molar-refractivity contribution in [1.29, 1.82) is 0 Å². The lowest BCUT2D eigenvalue weighted by molar-refractivity contribution is -0.135. The summed E-state index contributed by atoms with van der Waals surface area (Å²) in [6, 6.07) is 8.05. The second-order valence-corrected chi connectivity index (χ2v) is 10.2. The normalized spacial score (nSPS) is 24.5. The summed E-state index contributed by atoms with van der Waals surface area (Å²) in [5, 5.41) is 0. The zero-order valence-electron chi connectivity index (χ0n) is 18.0. The van der Waals surface area contributed by atoms with Gasteiger partial charge >= 0.3 is 6.18 Å². The van der Waals surface area contributed by atoms with Crippen LogP contribution in [0.25, 0.3) is 0 Å². The van der Waals surface area contributed by atoms with Gasteiger partial charge in [-0.1, -0.05) is 36.2 Å². The zero-order chi connectivity index (χ0) is 22.3. The summed E-state index contributed by atoms with van der Waals surface area (Å²) in [5.74, 6) is 0.192. The van der Waals surface area contributed by atoms with Gasteiger partial charge in [0.25, 0.3) is 0 Å². The van der Waals surface area contributed by atoms with Gasteiger partial charge in [0.15, 0.2) is 0 Å². The first-order chi connectivity index (χ1) is 14.8. The highest BCUT2D eigenvalue weighted by Gasteiger charge is 2.40. The molecule has 2 heterocycles. The second-order valence-electron chi connectivity index (χ2n) is 8.68. The maximum atomic E-state index is 12.3. The zero-order valence-corrected chi connectivity index (χ0v) is 18.8. The van der Waals surface area contributed by atoms with Crippen LogP contribution in [0.4, 0.5) is 13.2 Å². The Morgan fingerprint density at radius 1 is 1.13 bits per heavy atom. The van der Waals surface area contributed by atoms with E-state index >= 15 is 0 Å². The highest BCUT2D eigenvalue weighted by molar-refractivity contribution is 7.99. The molecule has 0 spiro atoms. The number of nitrogens with two attached hydrogens (primary N) is 1. The average Bonchev–Trinajstić information content (AvgIpc) is 2.70. The molecule has 3 rings (SSSR count). The molecule has 1 aromatic carbocycles. The third kappa shape index (κ3) is 7.39. The lowest BCUT2D eigenvalue weighted by Crippen LogP contribution is -2.46. The van der Waals surface area contributed by atoms with Gasteiger partial charge in [0.05, 0.1) is 0 Å². The fourth-order valence-corrected chi connectivity index (χ4v) is 5.83. The number of alkyl halides is 3. The Hall–Kier alpha value is -1.25. The molecule has 1 atom stereocenters. The van der Waals surface area contributed by atoms with Crippen LogP contribution >= 0.6 is 11.9 Å². The number of hydrogen-bond acceptors (Lipinski definition) is 4. The smallest absolute Gasteiger partial charge is 0.381 e. The van der Waals surface area contributed by atoms with Gasteiger partial charge in [0, 0.05) is 32.7 Å². The number of hydrogen-bond donors (Lipinski definition) is 1. The topological polar surface area (TPSA) is 55.6 Å². The van der Waals surface area contributed by atoms with Gasteiger partial charge in [-0.05, 0) is 68.4 Å². The van der Waals surface area contributed by atoms with E-state index in [1.807, 2.05) is 12.1 Å². The lowest BCUT2D eigenvalue weighted by atomic mass is 9.89. The van der Waals surface area contributed by atoms with Gasteiger partial charge in [-0.15, -0.1) is 0 Å². The molecule has 1 aromatic rings. The fraction of sp³-hybridized carbons (Fsp3) is 0.696. The molecule has 2 aliphatic heterocycles. The molecule has 8 heteroatoms. The van der Waals surface area contributed by atoms with Gasteiger partial charge < -0.3 is 10.5 Å². The number of amides is 1. The molecule has 0 bridgehead atoms. The van der Waals surface area contributed by atoms with Crippen LogP contribution in [0.15, 0.2) is 24.3 Å². The number of piperidine rings is 1. The number of rotatable bonds is 7. The number of aryl methyl sites for hydroxylation is 1. The van der Waals surface area contributed by atoms with E-state index in [4.69, 9.17) is 10.5 Å². The number of primary amides is 1. The van der Waals surface area contributed by atoms with Crippen LogP contribution in [0, 0.1) is 0 Å². The minimum absolute atomic E-state index is 0.130. The first-order valence-electron chi connectivity index (χ1n) is 11.2. The molecular weight excluding hydrogens is 425 g/mol. The van der Waals surface area contributed by atoms with Gasteiger partial charge in [-0.25, -0.2) is 4.31 Å². The number of halogens is 3. The number of nitrogens with zero attached hydrogens (tertiary/aromatic N) is 1. The van der Waals surface area contributed by atoms with E-state index < -0.39 is 17.3 Å². The van der Waals surface area contributed by atoms with Crippen molar-refractivity contribution in [3.05, 3.63) is 35.4 Å². The van der Waals surface area contributed by atoms with Crippen LogP contribution in [-0.2, 0) is 16.0 Å². The first-order valence-corrected chi connectivity index (χ1v) is 12.0. The molecule has 174 valence electrons. The molecule has 0 radical (unpaired) electrons. The van der Waals surface area contributed by atoms with Gasteiger partial charge in [-0.2, -0.15) is 13.2 Å². The SMILES string of the molecule is NC(=O)C1(SN2CCC(c3ccc(CCCC(F)(F)F)cc3)CC2)CCCCOCC1. The minimum atomic E-state index is -4.08. The molecule has 2 N–H and O–H groups in total. The van der Waals surface area contributed by atoms with E-state index in [9.17, 15) is 18.0 Å². The molecular formula is C23H33F3N2O2S. The van der Waals surface area contributed by atoms with E-state index in [-0.39, 0.29) is 12.3 Å². The third-order valence-electron chi connectivity index (χ3n) is 6.35. The molecule has 0 saturated carbocycles. The number of carbonyl (C=O) groups excluding carboxylic acids is 1. The van der Waals surface area contributed by atoms with Crippen LogP contribution in [0.1, 0.15) is 68.4 Å². The van der Waals surface area contributed by atoms with Crippen molar-refractivity contribution < 1.29 is 22.7 Å². The van der Waals surface area contributed by atoms with Crippen LogP contribution in [-0.4, -0.2) is 47.4 Å². The first kappa shape index (κ1) is 24.4. The molecule has 1 unspecified atom stereocenters. The summed E-state index contributed by atoms with van der Waals surface area (Å²) in [7, 11) is 0. The summed E-state index contributed by atoms with van der Waals surface area (Å²) < 4.78 is 44.2. The van der Waals surface area contributed by atoms with Crippen molar-refractivity contribution in [1.82, 2.24) is 4.31 Å². The quantitative estimate of drug-likeness (QED) is 0.570. The molecule has 0 aromatic heterocycles. The summed E-state index contributed by atoms with van der Waals surface area (Å²) in [4.78, 5) is 12.3. The van der Waals surface area contributed by atoms with Crippen LogP contribution in [0.5, 0.6) is 0 Å². The lowest BCUT2D eigenvalue weighted by Gasteiger charge is -2.39. The maximum Gasteiger partial charge on any atom is 0.389 e. The van der Waals surface area contributed by atoms with Crippen LogP contribution < -0.4 is 5.73 Å². The maximum absolute atomic E-state index is 12.3. The molecule has 31 heavy (non-hydrogen) atoms. The van der Waals surface area contributed by atoms with Crippen molar-refractivity contribution in [2.75, 3.05) is 26.3 Å². The summed E-state index contributed by atoms with van der Waals surface area (Å²) in [5.41, 5.74) is 8.02. The molecule has 4 nitrogen and oxygen atoms in total. The third-order valence-corrected chi connectivity index (χ3v) is 7.94. The van der Waals surface area contributed by atoms with Crippen LogP contribution in [0.3, 0.4) is 0 Å². The summed E-state index contributed by atoms with van der Waals surface area (Å²) in [6.07, 6.45) is 1.11. The molecule has 0 aliphatic carbocycles. The Kier molecular flexibility index (Phi) is 8.70.